The lowest BCUT2D eigenvalue weighted by Gasteiger charge is -2.19. The molecular formula is C23H28O2. The van der Waals surface area contributed by atoms with Gasteiger partial charge in [-0.2, -0.15) is 0 Å². The van der Waals surface area contributed by atoms with Gasteiger partial charge in [-0.1, -0.05) is 60.2 Å². The van der Waals surface area contributed by atoms with Crippen molar-refractivity contribution in [2.24, 2.45) is 0 Å². The third-order valence-electron chi connectivity index (χ3n) is 3.69. The van der Waals surface area contributed by atoms with Crippen molar-refractivity contribution in [3.63, 3.8) is 0 Å². The maximum atomic E-state index is 11.8. The second kappa shape index (κ2) is 8.15. The molecule has 2 nitrogen and oxygen atoms in total. The van der Waals surface area contributed by atoms with Gasteiger partial charge in [0, 0.05) is 6.42 Å². The minimum absolute atomic E-state index is 0.147. The summed E-state index contributed by atoms with van der Waals surface area (Å²) < 4.78 is 5.35. The first-order chi connectivity index (χ1) is 11.7. The smallest absolute Gasteiger partial charge is 0.306 e. The highest BCUT2D eigenvalue weighted by atomic mass is 16.6. The summed E-state index contributed by atoms with van der Waals surface area (Å²) in [6, 6.07) is 17.0. The molecule has 0 radical (unpaired) electrons. The van der Waals surface area contributed by atoms with Crippen molar-refractivity contribution in [3.8, 4) is 11.1 Å². The molecule has 0 heterocycles. The third-order valence-corrected chi connectivity index (χ3v) is 3.69. The Morgan fingerprint density at radius 2 is 1.44 bits per heavy atom. The normalized spacial score (nSPS) is 11.1. The van der Waals surface area contributed by atoms with E-state index in [1.807, 2.05) is 20.8 Å². The molecule has 25 heavy (non-hydrogen) atoms. The topological polar surface area (TPSA) is 26.3 Å². The molecule has 0 N–H and O–H groups in total. The van der Waals surface area contributed by atoms with Crippen LogP contribution in [0.1, 0.15) is 52.2 Å². The zero-order chi connectivity index (χ0) is 18.4. The minimum atomic E-state index is -0.418. The predicted octanol–water partition coefficient (Wildman–Crippen LogP) is 6.05. The van der Waals surface area contributed by atoms with Gasteiger partial charge in [0.05, 0.1) is 0 Å². The first kappa shape index (κ1) is 19.0. The van der Waals surface area contributed by atoms with Gasteiger partial charge in [-0.05, 0) is 63.3 Å². The van der Waals surface area contributed by atoms with Crippen LogP contribution in [0.4, 0.5) is 0 Å². The average molecular weight is 336 g/mol. The number of hydrogen-bond donors (Lipinski definition) is 0. The van der Waals surface area contributed by atoms with Gasteiger partial charge in [-0.15, -0.1) is 0 Å². The number of esters is 1. The molecule has 0 amide bonds. The molecule has 0 aliphatic carbocycles. The van der Waals surface area contributed by atoms with Crippen LogP contribution in [0.5, 0.6) is 0 Å². The van der Waals surface area contributed by atoms with Gasteiger partial charge in [0.25, 0.3) is 0 Å². The largest absolute Gasteiger partial charge is 0.460 e. The molecule has 0 aliphatic heterocycles. The number of ether oxygens (including phenoxy) is 1. The summed E-state index contributed by atoms with van der Waals surface area (Å²) in [5.74, 6) is -0.147. The van der Waals surface area contributed by atoms with Crippen molar-refractivity contribution in [1.82, 2.24) is 0 Å². The molecule has 0 atom stereocenters. The third kappa shape index (κ3) is 6.58. The Balaban J connectivity index is 1.98. The SMILES string of the molecule is CC(C)=Cc1ccc(-c2ccc(CCC(=O)OC(C)(C)C)cc2)cc1. The maximum Gasteiger partial charge on any atom is 0.306 e. The molecule has 0 saturated heterocycles. The minimum Gasteiger partial charge on any atom is -0.460 e. The molecule has 0 saturated carbocycles. The van der Waals surface area contributed by atoms with E-state index in [1.54, 1.807) is 0 Å². The van der Waals surface area contributed by atoms with Crippen molar-refractivity contribution in [2.75, 3.05) is 0 Å². The summed E-state index contributed by atoms with van der Waals surface area (Å²) in [7, 11) is 0. The van der Waals surface area contributed by atoms with E-state index in [0.717, 1.165) is 5.56 Å². The van der Waals surface area contributed by atoms with E-state index in [2.05, 4.69) is 68.5 Å². The Hall–Kier alpha value is -2.35. The van der Waals surface area contributed by atoms with Crippen LogP contribution in [0.15, 0.2) is 54.1 Å². The molecule has 2 aromatic carbocycles. The molecule has 2 heteroatoms. The summed E-state index contributed by atoms with van der Waals surface area (Å²) in [5, 5.41) is 0. The van der Waals surface area contributed by atoms with Gasteiger partial charge in [0.2, 0.25) is 0 Å². The molecule has 0 spiro atoms. The first-order valence-electron chi connectivity index (χ1n) is 8.79. The van der Waals surface area contributed by atoms with Gasteiger partial charge < -0.3 is 4.74 Å². The Bertz CT molecular complexity index is 725. The highest BCUT2D eigenvalue weighted by Crippen LogP contribution is 2.22. The molecule has 2 rings (SSSR count). The summed E-state index contributed by atoms with van der Waals surface area (Å²) in [6.45, 7) is 9.88. The number of allylic oxidation sites excluding steroid dienone is 1. The fourth-order valence-corrected chi connectivity index (χ4v) is 2.61. The van der Waals surface area contributed by atoms with Crippen LogP contribution in [0.3, 0.4) is 0 Å². The molecule has 0 bridgehead atoms. The Morgan fingerprint density at radius 1 is 0.920 bits per heavy atom. The number of aryl methyl sites for hydroxylation is 1. The van der Waals surface area contributed by atoms with Crippen LogP contribution >= 0.6 is 0 Å². The molecule has 0 aliphatic rings. The van der Waals surface area contributed by atoms with E-state index in [9.17, 15) is 4.79 Å². The molecule has 132 valence electrons. The average Bonchev–Trinajstić information content (AvgIpc) is 2.52. The molecule has 0 fully saturated rings. The van der Waals surface area contributed by atoms with Crippen LogP contribution in [0.25, 0.3) is 17.2 Å². The first-order valence-corrected chi connectivity index (χ1v) is 8.79. The second-order valence-electron chi connectivity index (χ2n) is 7.63. The second-order valence-corrected chi connectivity index (χ2v) is 7.63. The van der Waals surface area contributed by atoms with Crippen molar-refractivity contribution >= 4 is 12.0 Å². The van der Waals surface area contributed by atoms with Crippen LogP contribution in [0.2, 0.25) is 0 Å². The number of carbonyl (C=O) groups is 1. The van der Waals surface area contributed by atoms with Gasteiger partial charge >= 0.3 is 5.97 Å². The summed E-state index contributed by atoms with van der Waals surface area (Å²) in [6.07, 6.45) is 3.28. The van der Waals surface area contributed by atoms with E-state index in [1.165, 1.54) is 22.3 Å². The number of rotatable bonds is 5. The highest BCUT2D eigenvalue weighted by Gasteiger charge is 2.15. The highest BCUT2D eigenvalue weighted by molar-refractivity contribution is 5.70. The van der Waals surface area contributed by atoms with Gasteiger partial charge in [0.1, 0.15) is 5.60 Å². The predicted molar refractivity (Wildman–Crippen MR) is 105 cm³/mol. The monoisotopic (exact) mass is 336 g/mol. The van der Waals surface area contributed by atoms with Crippen molar-refractivity contribution in [2.45, 2.75) is 53.1 Å². The van der Waals surface area contributed by atoms with E-state index in [-0.39, 0.29) is 5.97 Å². The van der Waals surface area contributed by atoms with E-state index < -0.39 is 5.60 Å². The standard InChI is InChI=1S/C23H28O2/c1-17(2)16-19-8-13-21(14-9-19)20-11-6-18(7-12-20)10-15-22(24)25-23(3,4)5/h6-9,11-14,16H,10,15H2,1-5H3. The van der Waals surface area contributed by atoms with Gasteiger partial charge in [0.15, 0.2) is 0 Å². The zero-order valence-electron chi connectivity index (χ0n) is 15.9. The fraction of sp³-hybridized carbons (Fsp3) is 0.348. The summed E-state index contributed by atoms with van der Waals surface area (Å²) in [4.78, 5) is 11.8. The van der Waals surface area contributed by atoms with E-state index in [4.69, 9.17) is 4.74 Å². The lowest BCUT2D eigenvalue weighted by atomic mass is 10.0. The molecular weight excluding hydrogens is 308 g/mol. The van der Waals surface area contributed by atoms with Crippen LogP contribution < -0.4 is 0 Å². The molecule has 0 unspecified atom stereocenters. The zero-order valence-corrected chi connectivity index (χ0v) is 15.9. The van der Waals surface area contributed by atoms with Crippen LogP contribution in [0, 0.1) is 0 Å². The number of carbonyl (C=O) groups excluding carboxylic acids is 1. The lowest BCUT2D eigenvalue weighted by Crippen LogP contribution is -2.23. The Labute approximate surface area is 151 Å². The quantitative estimate of drug-likeness (QED) is 0.621. The Kier molecular flexibility index (Phi) is 6.19. The van der Waals surface area contributed by atoms with Crippen molar-refractivity contribution in [3.05, 3.63) is 65.2 Å². The van der Waals surface area contributed by atoms with Crippen molar-refractivity contribution in [1.29, 1.82) is 0 Å². The molecule has 0 aromatic heterocycles. The maximum absolute atomic E-state index is 11.8. The van der Waals surface area contributed by atoms with E-state index >= 15 is 0 Å². The van der Waals surface area contributed by atoms with Crippen molar-refractivity contribution < 1.29 is 9.53 Å². The fourth-order valence-electron chi connectivity index (χ4n) is 2.61. The van der Waals surface area contributed by atoms with Gasteiger partial charge in [-0.25, -0.2) is 0 Å². The summed E-state index contributed by atoms with van der Waals surface area (Å²) in [5.41, 5.74) is 5.63. The molecule has 2 aromatic rings. The van der Waals surface area contributed by atoms with Crippen LogP contribution in [-0.4, -0.2) is 11.6 Å². The number of hydrogen-bond acceptors (Lipinski definition) is 2. The van der Waals surface area contributed by atoms with E-state index in [0.29, 0.717) is 12.8 Å². The Morgan fingerprint density at radius 3 is 1.92 bits per heavy atom. The lowest BCUT2D eigenvalue weighted by molar-refractivity contribution is -0.154. The summed E-state index contributed by atoms with van der Waals surface area (Å²) >= 11 is 0. The van der Waals surface area contributed by atoms with Gasteiger partial charge in [-0.3, -0.25) is 4.79 Å². The number of benzene rings is 2. The van der Waals surface area contributed by atoms with Crippen LogP contribution in [-0.2, 0) is 16.0 Å².